The van der Waals surface area contributed by atoms with Gasteiger partial charge in [0.1, 0.15) is 5.82 Å². The van der Waals surface area contributed by atoms with Gasteiger partial charge in [-0.25, -0.2) is 9.07 Å². The number of amides is 1. The monoisotopic (exact) mass is 385 g/mol. The highest BCUT2D eigenvalue weighted by molar-refractivity contribution is 8.00. The average molecular weight is 386 g/mol. The van der Waals surface area contributed by atoms with Crippen molar-refractivity contribution in [2.45, 2.75) is 42.8 Å². The molecule has 0 radical (unpaired) electrons. The lowest BCUT2D eigenvalue weighted by Crippen LogP contribution is -2.23. The molecule has 0 unspecified atom stereocenters. The summed E-state index contributed by atoms with van der Waals surface area (Å²) in [6.07, 6.45) is 2.12. The standard InChI is InChI=1S/C15H17ClFN5O2S/c1-9(14(23)18-10-4-5-13(17)12(16)7-10)25-15-19-20-21-22(15)8-11-3-2-6-24-11/h4-5,7,9,11H,2-3,6,8H2,1H3,(H,18,23)/t9-,11-/m0/s1. The predicted octanol–water partition coefficient (Wildman–Crippen LogP) is 2.76. The first kappa shape index (κ1) is 18.1. The summed E-state index contributed by atoms with van der Waals surface area (Å²) in [6.45, 7) is 3.07. The van der Waals surface area contributed by atoms with Crippen LogP contribution in [-0.4, -0.2) is 44.1 Å². The first-order valence-electron chi connectivity index (χ1n) is 7.83. The summed E-state index contributed by atoms with van der Waals surface area (Å²) < 4.78 is 20.4. The van der Waals surface area contributed by atoms with E-state index in [-0.39, 0.29) is 17.0 Å². The zero-order valence-corrected chi connectivity index (χ0v) is 15.1. The summed E-state index contributed by atoms with van der Waals surface area (Å²) in [5, 5.41) is 14.4. The number of anilines is 1. The lowest BCUT2D eigenvalue weighted by atomic mass is 10.2. The van der Waals surface area contributed by atoms with Gasteiger partial charge in [0.25, 0.3) is 0 Å². The molecule has 1 N–H and O–H groups in total. The lowest BCUT2D eigenvalue weighted by Gasteiger charge is -2.13. The second kappa shape index (κ2) is 8.11. The number of ether oxygens (including phenoxy) is 1. The van der Waals surface area contributed by atoms with Crippen LogP contribution in [0, 0.1) is 5.82 Å². The van der Waals surface area contributed by atoms with E-state index in [1.165, 1.54) is 30.0 Å². The van der Waals surface area contributed by atoms with Gasteiger partial charge in [0.15, 0.2) is 0 Å². The number of hydrogen-bond donors (Lipinski definition) is 1. The van der Waals surface area contributed by atoms with Gasteiger partial charge >= 0.3 is 0 Å². The van der Waals surface area contributed by atoms with Gasteiger partial charge in [-0.3, -0.25) is 4.79 Å². The number of halogens is 2. The minimum Gasteiger partial charge on any atom is -0.376 e. The molecule has 1 fully saturated rings. The minimum atomic E-state index is -0.532. The Morgan fingerprint density at radius 3 is 3.16 bits per heavy atom. The summed E-state index contributed by atoms with van der Waals surface area (Å²) in [5.74, 6) is -0.783. The van der Waals surface area contributed by atoms with Crippen LogP contribution in [0.1, 0.15) is 19.8 Å². The quantitative estimate of drug-likeness (QED) is 0.770. The van der Waals surface area contributed by atoms with Crippen LogP contribution in [0.15, 0.2) is 23.4 Å². The molecule has 1 aliphatic heterocycles. The zero-order valence-electron chi connectivity index (χ0n) is 13.5. The molecule has 1 aromatic heterocycles. The number of thioether (sulfide) groups is 1. The molecule has 2 atom stereocenters. The second-order valence-electron chi connectivity index (χ2n) is 5.66. The first-order chi connectivity index (χ1) is 12.0. The maximum atomic E-state index is 13.2. The third-order valence-electron chi connectivity index (χ3n) is 3.74. The maximum absolute atomic E-state index is 13.2. The van der Waals surface area contributed by atoms with Crippen molar-refractivity contribution in [3.05, 3.63) is 29.0 Å². The van der Waals surface area contributed by atoms with Crippen LogP contribution in [0.2, 0.25) is 5.02 Å². The van der Waals surface area contributed by atoms with Crippen molar-refractivity contribution in [1.82, 2.24) is 20.2 Å². The third kappa shape index (κ3) is 4.68. The fraction of sp³-hybridized carbons (Fsp3) is 0.467. The number of benzene rings is 1. The molecule has 0 saturated carbocycles. The molecular weight excluding hydrogens is 369 g/mol. The van der Waals surface area contributed by atoms with Crippen LogP contribution in [-0.2, 0) is 16.1 Å². The molecule has 3 rings (SSSR count). The Morgan fingerprint density at radius 2 is 2.44 bits per heavy atom. The fourth-order valence-corrected chi connectivity index (χ4v) is 3.39. The van der Waals surface area contributed by atoms with Crippen molar-refractivity contribution in [3.63, 3.8) is 0 Å². The van der Waals surface area contributed by atoms with Crippen molar-refractivity contribution in [2.75, 3.05) is 11.9 Å². The van der Waals surface area contributed by atoms with Gasteiger partial charge in [-0.2, -0.15) is 0 Å². The molecular formula is C15H17ClFN5O2S. The number of rotatable bonds is 6. The SMILES string of the molecule is C[C@H](Sc1nnnn1C[C@@H]1CCCO1)C(=O)Nc1ccc(F)c(Cl)c1. The number of tetrazole rings is 1. The van der Waals surface area contributed by atoms with E-state index in [9.17, 15) is 9.18 Å². The van der Waals surface area contributed by atoms with Crippen LogP contribution >= 0.6 is 23.4 Å². The Hall–Kier alpha value is -1.71. The highest BCUT2D eigenvalue weighted by Gasteiger charge is 2.22. The molecule has 1 amide bonds. The van der Waals surface area contributed by atoms with Crippen LogP contribution in [0.25, 0.3) is 0 Å². The van der Waals surface area contributed by atoms with Gasteiger partial charge in [0, 0.05) is 12.3 Å². The van der Waals surface area contributed by atoms with Crippen molar-refractivity contribution < 1.29 is 13.9 Å². The van der Waals surface area contributed by atoms with E-state index >= 15 is 0 Å². The smallest absolute Gasteiger partial charge is 0.237 e. The van der Waals surface area contributed by atoms with E-state index in [0.717, 1.165) is 19.4 Å². The molecule has 134 valence electrons. The minimum absolute atomic E-state index is 0.0430. The van der Waals surface area contributed by atoms with Crippen molar-refractivity contribution >= 4 is 35.0 Å². The summed E-state index contributed by atoms with van der Waals surface area (Å²) in [5.41, 5.74) is 0.433. The lowest BCUT2D eigenvalue weighted by molar-refractivity contribution is -0.115. The summed E-state index contributed by atoms with van der Waals surface area (Å²) in [7, 11) is 0. The molecule has 0 spiro atoms. The predicted molar refractivity (Wildman–Crippen MR) is 92.1 cm³/mol. The summed E-state index contributed by atoms with van der Waals surface area (Å²) in [4.78, 5) is 12.3. The first-order valence-corrected chi connectivity index (χ1v) is 9.09. The van der Waals surface area contributed by atoms with Gasteiger partial charge in [-0.15, -0.1) is 5.10 Å². The molecule has 0 aliphatic carbocycles. The zero-order chi connectivity index (χ0) is 17.8. The third-order valence-corrected chi connectivity index (χ3v) is 5.10. The van der Waals surface area contributed by atoms with Crippen molar-refractivity contribution in [2.24, 2.45) is 0 Å². The van der Waals surface area contributed by atoms with Gasteiger partial charge < -0.3 is 10.1 Å². The van der Waals surface area contributed by atoms with Crippen LogP contribution in [0.3, 0.4) is 0 Å². The molecule has 7 nitrogen and oxygen atoms in total. The summed E-state index contributed by atoms with van der Waals surface area (Å²) in [6, 6.07) is 4.03. The molecule has 1 aromatic carbocycles. The van der Waals surface area contributed by atoms with E-state index in [1.54, 1.807) is 11.6 Å². The summed E-state index contributed by atoms with van der Waals surface area (Å²) >= 11 is 6.97. The van der Waals surface area contributed by atoms with Crippen molar-refractivity contribution in [1.29, 1.82) is 0 Å². The molecule has 2 heterocycles. The molecule has 2 aromatic rings. The topological polar surface area (TPSA) is 81.9 Å². The van der Waals surface area contributed by atoms with Gasteiger partial charge in [-0.1, -0.05) is 23.4 Å². The molecule has 0 bridgehead atoms. The van der Waals surface area contributed by atoms with Crippen LogP contribution in [0.5, 0.6) is 0 Å². The van der Waals surface area contributed by atoms with Gasteiger partial charge in [0.05, 0.1) is 22.9 Å². The van der Waals surface area contributed by atoms with Crippen molar-refractivity contribution in [3.8, 4) is 0 Å². The number of nitrogens with zero attached hydrogens (tertiary/aromatic N) is 4. The van der Waals surface area contributed by atoms with E-state index < -0.39 is 11.1 Å². The number of carbonyl (C=O) groups is 1. The maximum Gasteiger partial charge on any atom is 0.237 e. The Bertz CT molecular complexity index is 753. The number of carbonyl (C=O) groups excluding carboxylic acids is 1. The van der Waals surface area contributed by atoms with Gasteiger partial charge in [0.2, 0.25) is 11.1 Å². The molecule has 25 heavy (non-hydrogen) atoms. The Kier molecular flexibility index (Phi) is 5.87. The van der Waals surface area contributed by atoms with E-state index in [0.29, 0.717) is 17.4 Å². The fourth-order valence-electron chi connectivity index (χ4n) is 2.41. The Balaban J connectivity index is 1.59. The van der Waals surface area contributed by atoms with E-state index in [1.807, 2.05) is 0 Å². The van der Waals surface area contributed by atoms with Gasteiger partial charge in [-0.05, 0) is 48.4 Å². The number of nitrogens with one attached hydrogen (secondary N) is 1. The number of hydrogen-bond acceptors (Lipinski definition) is 6. The Labute approximate surface area is 153 Å². The average Bonchev–Trinajstić information content (AvgIpc) is 3.24. The van der Waals surface area contributed by atoms with E-state index in [4.69, 9.17) is 16.3 Å². The number of aromatic nitrogens is 4. The molecule has 1 aliphatic rings. The van der Waals surface area contributed by atoms with Crippen LogP contribution < -0.4 is 5.32 Å². The Morgan fingerprint density at radius 1 is 1.60 bits per heavy atom. The molecule has 10 heteroatoms. The van der Waals surface area contributed by atoms with E-state index in [2.05, 4.69) is 20.8 Å². The second-order valence-corrected chi connectivity index (χ2v) is 7.37. The highest BCUT2D eigenvalue weighted by atomic mass is 35.5. The molecule has 1 saturated heterocycles. The highest BCUT2D eigenvalue weighted by Crippen LogP contribution is 2.24. The largest absolute Gasteiger partial charge is 0.376 e. The normalized spacial score (nSPS) is 18.3. The van der Waals surface area contributed by atoms with Crippen LogP contribution in [0.4, 0.5) is 10.1 Å².